The number of aliphatic carboxylic acids is 2. The molecule has 1 aromatic rings. The Kier molecular flexibility index (Phi) is 6.40. The third kappa shape index (κ3) is 5.83. The molecule has 1 aromatic carbocycles. The lowest BCUT2D eigenvalue weighted by atomic mass is 10.0. The van der Waals surface area contributed by atoms with Crippen LogP contribution in [-0.4, -0.2) is 33.3 Å². The molecule has 7 N–H and O–H groups in total. The van der Waals surface area contributed by atoms with Crippen molar-refractivity contribution in [3.8, 4) is 5.75 Å². The number of aromatic hydroxyl groups is 1. The van der Waals surface area contributed by atoms with Crippen LogP contribution in [0.15, 0.2) is 24.3 Å². The molecule has 0 heterocycles. The minimum atomic E-state index is -1.82. The second kappa shape index (κ2) is 7.25. The first-order valence-corrected chi connectivity index (χ1v) is 5.02. The highest BCUT2D eigenvalue weighted by atomic mass is 16.4. The molecular weight excluding hydrogens is 240 g/mol. The summed E-state index contributed by atoms with van der Waals surface area (Å²) < 4.78 is 0. The SMILES string of the molecule is C[C@@H](N)[C@@H](N)c1ccc(O)cc1.O=C(O)C(=O)O. The van der Waals surface area contributed by atoms with Crippen molar-refractivity contribution < 1.29 is 24.9 Å². The molecule has 0 aliphatic heterocycles. The molecule has 100 valence electrons. The Labute approximate surface area is 104 Å². The second-order valence-corrected chi connectivity index (χ2v) is 3.59. The molecule has 7 heteroatoms. The number of benzene rings is 1. The van der Waals surface area contributed by atoms with Crippen LogP contribution in [0.3, 0.4) is 0 Å². The Morgan fingerprint density at radius 1 is 1.06 bits per heavy atom. The molecule has 0 fully saturated rings. The van der Waals surface area contributed by atoms with Gasteiger partial charge in [0.2, 0.25) is 0 Å². The third-order valence-corrected chi connectivity index (χ3v) is 2.03. The largest absolute Gasteiger partial charge is 0.508 e. The van der Waals surface area contributed by atoms with Crippen LogP contribution >= 0.6 is 0 Å². The molecule has 7 nitrogen and oxygen atoms in total. The van der Waals surface area contributed by atoms with E-state index < -0.39 is 11.9 Å². The van der Waals surface area contributed by atoms with Crippen LogP contribution in [0.4, 0.5) is 0 Å². The van der Waals surface area contributed by atoms with Gasteiger partial charge in [-0.15, -0.1) is 0 Å². The fourth-order valence-electron chi connectivity index (χ4n) is 1.00. The minimum absolute atomic E-state index is 0.0745. The molecular formula is C11H16N2O5. The zero-order chi connectivity index (χ0) is 14.3. The highest BCUT2D eigenvalue weighted by Crippen LogP contribution is 2.16. The van der Waals surface area contributed by atoms with Crippen molar-refractivity contribution in [1.82, 2.24) is 0 Å². The molecule has 0 saturated heterocycles. The van der Waals surface area contributed by atoms with Gasteiger partial charge >= 0.3 is 11.9 Å². The minimum Gasteiger partial charge on any atom is -0.508 e. The van der Waals surface area contributed by atoms with E-state index in [4.69, 9.17) is 36.4 Å². The second-order valence-electron chi connectivity index (χ2n) is 3.59. The first-order chi connectivity index (χ1) is 8.25. The van der Waals surface area contributed by atoms with Crippen LogP contribution in [-0.2, 0) is 9.59 Å². The Morgan fingerprint density at radius 3 is 1.72 bits per heavy atom. The van der Waals surface area contributed by atoms with Crippen molar-refractivity contribution in [3.63, 3.8) is 0 Å². The number of carboxylic acids is 2. The first-order valence-electron chi connectivity index (χ1n) is 5.02. The van der Waals surface area contributed by atoms with Crippen molar-refractivity contribution in [3.05, 3.63) is 29.8 Å². The number of phenolic OH excluding ortho intramolecular Hbond substituents is 1. The molecule has 0 unspecified atom stereocenters. The Morgan fingerprint density at radius 2 is 1.44 bits per heavy atom. The third-order valence-electron chi connectivity index (χ3n) is 2.03. The van der Waals surface area contributed by atoms with Gasteiger partial charge in [0, 0.05) is 12.1 Å². The number of hydrogen-bond donors (Lipinski definition) is 5. The zero-order valence-corrected chi connectivity index (χ0v) is 9.78. The lowest BCUT2D eigenvalue weighted by Gasteiger charge is -2.15. The highest BCUT2D eigenvalue weighted by Gasteiger charge is 2.09. The van der Waals surface area contributed by atoms with Gasteiger partial charge in [-0.1, -0.05) is 12.1 Å². The Bertz CT molecular complexity index is 390. The number of phenols is 1. The highest BCUT2D eigenvalue weighted by molar-refractivity contribution is 6.27. The summed E-state index contributed by atoms with van der Waals surface area (Å²) in [4.78, 5) is 18.2. The van der Waals surface area contributed by atoms with Crippen molar-refractivity contribution in [2.24, 2.45) is 11.5 Å². The summed E-state index contributed by atoms with van der Waals surface area (Å²) in [6.45, 7) is 1.86. The summed E-state index contributed by atoms with van der Waals surface area (Å²) in [5.41, 5.74) is 12.3. The number of nitrogens with two attached hydrogens (primary N) is 2. The van der Waals surface area contributed by atoms with E-state index in [0.717, 1.165) is 5.56 Å². The number of carbonyl (C=O) groups is 2. The Balaban J connectivity index is 0.000000411. The first kappa shape index (κ1) is 15.9. The zero-order valence-electron chi connectivity index (χ0n) is 9.78. The van der Waals surface area contributed by atoms with Gasteiger partial charge in [-0.3, -0.25) is 0 Å². The van der Waals surface area contributed by atoms with E-state index in [1.807, 2.05) is 6.92 Å². The van der Waals surface area contributed by atoms with E-state index in [1.54, 1.807) is 24.3 Å². The van der Waals surface area contributed by atoms with Crippen LogP contribution in [0.1, 0.15) is 18.5 Å². The summed E-state index contributed by atoms with van der Waals surface area (Å²) in [7, 11) is 0. The van der Waals surface area contributed by atoms with Gasteiger partial charge in [-0.05, 0) is 24.6 Å². The van der Waals surface area contributed by atoms with Crippen LogP contribution in [0, 0.1) is 0 Å². The fraction of sp³-hybridized carbons (Fsp3) is 0.273. The average Bonchev–Trinajstić information content (AvgIpc) is 2.29. The van der Waals surface area contributed by atoms with Gasteiger partial charge in [0.15, 0.2) is 0 Å². The molecule has 0 aromatic heterocycles. The van der Waals surface area contributed by atoms with Gasteiger partial charge in [0.25, 0.3) is 0 Å². The molecule has 0 spiro atoms. The maximum absolute atomic E-state index is 9.10. The van der Waals surface area contributed by atoms with E-state index >= 15 is 0 Å². The standard InChI is InChI=1S/C9H14N2O.C2H2O4/c1-6(10)9(11)7-2-4-8(12)5-3-7;3-1(4)2(5)6/h2-6,9,12H,10-11H2,1H3;(H,3,4)(H,5,6)/t6-,9-;/m1./s1. The van der Waals surface area contributed by atoms with Gasteiger partial charge in [-0.25, -0.2) is 9.59 Å². The van der Waals surface area contributed by atoms with Crippen molar-refractivity contribution in [1.29, 1.82) is 0 Å². The van der Waals surface area contributed by atoms with Gasteiger partial charge in [0.05, 0.1) is 0 Å². The molecule has 1 rings (SSSR count). The molecule has 0 radical (unpaired) electrons. The molecule has 0 saturated carbocycles. The Hall–Kier alpha value is -2.12. The monoisotopic (exact) mass is 256 g/mol. The molecule has 2 atom stereocenters. The normalized spacial score (nSPS) is 12.8. The number of carboxylic acid groups (broad SMARTS) is 2. The van der Waals surface area contributed by atoms with Crippen molar-refractivity contribution >= 4 is 11.9 Å². The summed E-state index contributed by atoms with van der Waals surface area (Å²) in [5, 5.41) is 23.8. The van der Waals surface area contributed by atoms with Crippen LogP contribution in [0.25, 0.3) is 0 Å². The van der Waals surface area contributed by atoms with Gasteiger partial charge < -0.3 is 26.8 Å². The topological polar surface area (TPSA) is 147 Å². The average molecular weight is 256 g/mol. The van der Waals surface area contributed by atoms with E-state index in [0.29, 0.717) is 0 Å². The van der Waals surface area contributed by atoms with Crippen LogP contribution in [0.5, 0.6) is 5.75 Å². The summed E-state index contributed by atoms with van der Waals surface area (Å²) in [5.74, 6) is -3.40. The van der Waals surface area contributed by atoms with E-state index in [-0.39, 0.29) is 17.8 Å². The number of hydrogen-bond acceptors (Lipinski definition) is 5. The predicted molar refractivity (Wildman–Crippen MR) is 64.0 cm³/mol. The van der Waals surface area contributed by atoms with Crippen molar-refractivity contribution in [2.75, 3.05) is 0 Å². The van der Waals surface area contributed by atoms with Crippen LogP contribution < -0.4 is 11.5 Å². The molecule has 0 amide bonds. The van der Waals surface area contributed by atoms with Crippen LogP contribution in [0.2, 0.25) is 0 Å². The summed E-state index contributed by atoms with van der Waals surface area (Å²) in [6.07, 6.45) is 0. The molecule has 18 heavy (non-hydrogen) atoms. The molecule has 0 aliphatic rings. The number of rotatable bonds is 2. The maximum atomic E-state index is 9.10. The summed E-state index contributed by atoms with van der Waals surface area (Å²) in [6, 6.07) is 6.54. The van der Waals surface area contributed by atoms with Crippen molar-refractivity contribution in [2.45, 2.75) is 19.0 Å². The maximum Gasteiger partial charge on any atom is 0.414 e. The smallest absolute Gasteiger partial charge is 0.414 e. The fourth-order valence-corrected chi connectivity index (χ4v) is 1.00. The quantitative estimate of drug-likeness (QED) is 0.464. The van der Waals surface area contributed by atoms with E-state index in [9.17, 15) is 0 Å². The van der Waals surface area contributed by atoms with E-state index in [2.05, 4.69) is 0 Å². The summed E-state index contributed by atoms with van der Waals surface area (Å²) >= 11 is 0. The van der Waals surface area contributed by atoms with Gasteiger partial charge in [0.1, 0.15) is 5.75 Å². The van der Waals surface area contributed by atoms with Gasteiger partial charge in [-0.2, -0.15) is 0 Å². The molecule has 0 bridgehead atoms. The lowest BCUT2D eigenvalue weighted by Crippen LogP contribution is -2.30. The lowest BCUT2D eigenvalue weighted by molar-refractivity contribution is -0.159. The predicted octanol–water partition coefficient (Wildman–Crippen LogP) is -0.105. The molecule has 0 aliphatic carbocycles. The van der Waals surface area contributed by atoms with E-state index in [1.165, 1.54) is 0 Å².